The van der Waals surface area contributed by atoms with E-state index in [0.717, 1.165) is 23.7 Å². The minimum Gasteiger partial charge on any atom is -0.312 e. The summed E-state index contributed by atoms with van der Waals surface area (Å²) in [6.07, 6.45) is 0.431. The summed E-state index contributed by atoms with van der Waals surface area (Å²) < 4.78 is 14.7. The smallest absolute Gasteiger partial charge is 0.227 e. The van der Waals surface area contributed by atoms with Crippen LogP contribution in [0.25, 0.3) is 5.69 Å². The summed E-state index contributed by atoms with van der Waals surface area (Å²) in [5, 5.41) is 10.6. The molecule has 1 aliphatic heterocycles. The summed E-state index contributed by atoms with van der Waals surface area (Å²) in [6, 6.07) is 8.04. The molecule has 0 aliphatic carbocycles. The van der Waals surface area contributed by atoms with E-state index in [1.54, 1.807) is 16.8 Å². The van der Waals surface area contributed by atoms with Gasteiger partial charge in [0.2, 0.25) is 5.91 Å². The summed E-state index contributed by atoms with van der Waals surface area (Å²) >= 11 is 1.86. The van der Waals surface area contributed by atoms with Gasteiger partial charge in [0.05, 0.1) is 11.4 Å². The predicted octanol–water partition coefficient (Wildman–Crippen LogP) is 2.35. The van der Waals surface area contributed by atoms with E-state index in [1.165, 1.54) is 12.1 Å². The van der Waals surface area contributed by atoms with Crippen molar-refractivity contribution in [2.24, 2.45) is 0 Å². The zero-order chi connectivity index (χ0) is 16.2. The maximum Gasteiger partial charge on any atom is 0.227 e. The minimum atomic E-state index is -0.302. The van der Waals surface area contributed by atoms with E-state index in [4.69, 9.17) is 0 Å². The summed E-state index contributed by atoms with van der Waals surface area (Å²) in [6.45, 7) is 2.80. The van der Waals surface area contributed by atoms with Gasteiger partial charge in [0, 0.05) is 36.6 Å². The van der Waals surface area contributed by atoms with Gasteiger partial charge in [0.15, 0.2) is 0 Å². The third kappa shape index (κ3) is 4.11. The number of hydrogen-bond donors (Lipinski definition) is 2. The Balaban J connectivity index is 1.72. The summed E-state index contributed by atoms with van der Waals surface area (Å²) in [5.74, 6) is 2.29. The van der Waals surface area contributed by atoms with Gasteiger partial charge in [-0.05, 0) is 31.2 Å². The van der Waals surface area contributed by atoms with E-state index in [1.807, 2.05) is 24.8 Å². The number of anilines is 1. The molecule has 23 heavy (non-hydrogen) atoms. The van der Waals surface area contributed by atoms with E-state index >= 15 is 0 Å². The van der Waals surface area contributed by atoms with Gasteiger partial charge in [-0.1, -0.05) is 0 Å². The van der Waals surface area contributed by atoms with Crippen LogP contribution in [0.15, 0.2) is 30.3 Å². The van der Waals surface area contributed by atoms with E-state index in [-0.39, 0.29) is 17.8 Å². The van der Waals surface area contributed by atoms with Crippen molar-refractivity contribution in [3.8, 4) is 5.69 Å². The number of thioether (sulfide) groups is 1. The number of rotatable bonds is 4. The summed E-state index contributed by atoms with van der Waals surface area (Å²) in [5.41, 5.74) is 1.50. The van der Waals surface area contributed by atoms with Crippen LogP contribution in [0.3, 0.4) is 0 Å². The Labute approximate surface area is 138 Å². The minimum absolute atomic E-state index is 0.0479. The third-order valence-corrected chi connectivity index (χ3v) is 4.73. The van der Waals surface area contributed by atoms with Crippen LogP contribution in [0.4, 0.5) is 10.2 Å². The van der Waals surface area contributed by atoms with Crippen LogP contribution in [-0.4, -0.2) is 39.8 Å². The SMILES string of the molecule is Cc1cc(NC(=O)CC2CSCCN2)n(-c2ccc(F)cc2)n1. The molecule has 2 aromatic rings. The number of benzene rings is 1. The molecular formula is C16H19FN4OS. The lowest BCUT2D eigenvalue weighted by molar-refractivity contribution is -0.116. The molecule has 1 unspecified atom stereocenters. The number of aryl methyl sites for hydroxylation is 1. The summed E-state index contributed by atoms with van der Waals surface area (Å²) in [4.78, 5) is 12.3. The largest absolute Gasteiger partial charge is 0.312 e. The van der Waals surface area contributed by atoms with Gasteiger partial charge in [-0.25, -0.2) is 9.07 Å². The van der Waals surface area contributed by atoms with Crippen LogP contribution >= 0.6 is 11.8 Å². The zero-order valence-electron chi connectivity index (χ0n) is 12.9. The second-order valence-corrected chi connectivity index (χ2v) is 6.69. The van der Waals surface area contributed by atoms with Crippen molar-refractivity contribution in [1.29, 1.82) is 0 Å². The first-order valence-corrected chi connectivity index (χ1v) is 8.71. The molecule has 3 rings (SSSR count). The Hall–Kier alpha value is -1.86. The number of carbonyl (C=O) groups excluding carboxylic acids is 1. The highest BCUT2D eigenvalue weighted by Gasteiger charge is 2.18. The lowest BCUT2D eigenvalue weighted by Gasteiger charge is -2.22. The van der Waals surface area contributed by atoms with Crippen molar-refractivity contribution in [3.63, 3.8) is 0 Å². The first kappa shape index (κ1) is 16.0. The van der Waals surface area contributed by atoms with E-state index in [0.29, 0.717) is 17.9 Å². The van der Waals surface area contributed by atoms with Crippen molar-refractivity contribution < 1.29 is 9.18 Å². The number of carbonyl (C=O) groups is 1. The molecule has 1 atom stereocenters. The fourth-order valence-electron chi connectivity index (χ4n) is 2.54. The molecule has 0 saturated carbocycles. The topological polar surface area (TPSA) is 59.0 Å². The van der Waals surface area contributed by atoms with Crippen LogP contribution in [0.1, 0.15) is 12.1 Å². The molecule has 1 aromatic heterocycles. The molecule has 2 N–H and O–H groups in total. The van der Waals surface area contributed by atoms with Crippen LogP contribution < -0.4 is 10.6 Å². The molecule has 1 saturated heterocycles. The second kappa shape index (κ2) is 7.14. The van der Waals surface area contributed by atoms with Crippen molar-refractivity contribution >= 4 is 23.5 Å². The van der Waals surface area contributed by atoms with Crippen LogP contribution in [0.2, 0.25) is 0 Å². The molecule has 1 amide bonds. The zero-order valence-corrected chi connectivity index (χ0v) is 13.7. The van der Waals surface area contributed by atoms with Crippen LogP contribution in [0.5, 0.6) is 0 Å². The quantitative estimate of drug-likeness (QED) is 0.901. The van der Waals surface area contributed by atoms with Crippen molar-refractivity contribution in [2.75, 3.05) is 23.4 Å². The molecule has 122 valence electrons. The normalized spacial score (nSPS) is 17.9. The molecule has 0 radical (unpaired) electrons. The van der Waals surface area contributed by atoms with E-state index < -0.39 is 0 Å². The first-order chi connectivity index (χ1) is 11.1. The molecule has 0 bridgehead atoms. The van der Waals surface area contributed by atoms with Gasteiger partial charge in [0.25, 0.3) is 0 Å². The Morgan fingerprint density at radius 2 is 2.26 bits per heavy atom. The molecule has 1 aromatic carbocycles. The van der Waals surface area contributed by atoms with Gasteiger partial charge in [-0.3, -0.25) is 4.79 Å². The van der Waals surface area contributed by atoms with Crippen molar-refractivity contribution in [1.82, 2.24) is 15.1 Å². The highest BCUT2D eigenvalue weighted by Crippen LogP contribution is 2.18. The fourth-order valence-corrected chi connectivity index (χ4v) is 3.49. The van der Waals surface area contributed by atoms with Crippen molar-refractivity contribution in [3.05, 3.63) is 41.8 Å². The number of hydrogen-bond acceptors (Lipinski definition) is 4. The van der Waals surface area contributed by atoms with Gasteiger partial charge in [0.1, 0.15) is 11.6 Å². The lowest BCUT2D eigenvalue weighted by Crippen LogP contribution is -2.40. The van der Waals surface area contributed by atoms with Crippen LogP contribution in [-0.2, 0) is 4.79 Å². The average Bonchev–Trinajstić information content (AvgIpc) is 2.89. The molecular weight excluding hydrogens is 315 g/mol. The second-order valence-electron chi connectivity index (χ2n) is 5.54. The number of aromatic nitrogens is 2. The Kier molecular flexibility index (Phi) is 4.97. The van der Waals surface area contributed by atoms with Crippen molar-refractivity contribution in [2.45, 2.75) is 19.4 Å². The number of halogens is 1. The monoisotopic (exact) mass is 334 g/mol. The molecule has 7 heteroatoms. The standard InChI is InChI=1S/C16H19FN4OS/c1-11-8-15(19-16(22)9-13-10-23-7-6-18-13)21(20-11)14-4-2-12(17)3-5-14/h2-5,8,13,18H,6-7,9-10H2,1H3,(H,19,22). The maximum absolute atomic E-state index is 13.1. The highest BCUT2D eigenvalue weighted by molar-refractivity contribution is 7.99. The third-order valence-electron chi connectivity index (χ3n) is 3.60. The Bertz CT molecular complexity index is 680. The van der Waals surface area contributed by atoms with Gasteiger partial charge >= 0.3 is 0 Å². The maximum atomic E-state index is 13.1. The molecule has 1 aliphatic rings. The fraction of sp³-hybridized carbons (Fsp3) is 0.375. The average molecular weight is 334 g/mol. The molecule has 1 fully saturated rings. The molecule has 0 spiro atoms. The summed E-state index contributed by atoms with van der Waals surface area (Å²) in [7, 11) is 0. The number of amides is 1. The first-order valence-electron chi connectivity index (χ1n) is 7.55. The Morgan fingerprint density at radius 1 is 1.48 bits per heavy atom. The van der Waals surface area contributed by atoms with E-state index in [2.05, 4.69) is 15.7 Å². The van der Waals surface area contributed by atoms with E-state index in [9.17, 15) is 9.18 Å². The number of nitrogens with one attached hydrogen (secondary N) is 2. The Morgan fingerprint density at radius 3 is 2.96 bits per heavy atom. The highest BCUT2D eigenvalue weighted by atomic mass is 32.2. The van der Waals surface area contributed by atoms with Crippen LogP contribution in [0, 0.1) is 12.7 Å². The van der Waals surface area contributed by atoms with Gasteiger partial charge < -0.3 is 10.6 Å². The molecule has 2 heterocycles. The predicted molar refractivity (Wildman–Crippen MR) is 90.6 cm³/mol. The van der Waals surface area contributed by atoms with Gasteiger partial charge in [-0.2, -0.15) is 16.9 Å². The lowest BCUT2D eigenvalue weighted by atomic mass is 10.2. The number of nitrogens with zero attached hydrogens (tertiary/aromatic N) is 2. The molecule has 5 nitrogen and oxygen atoms in total. The van der Waals surface area contributed by atoms with Gasteiger partial charge in [-0.15, -0.1) is 0 Å².